The lowest BCUT2D eigenvalue weighted by molar-refractivity contribution is 0.176. The van der Waals surface area contributed by atoms with Crippen molar-refractivity contribution >= 4 is 27.5 Å². The van der Waals surface area contributed by atoms with Gasteiger partial charge in [-0.05, 0) is 36.6 Å². The minimum Gasteiger partial charge on any atom is -0.388 e. The predicted octanol–water partition coefficient (Wildman–Crippen LogP) is 4.94. The van der Waals surface area contributed by atoms with Gasteiger partial charge in [0.2, 0.25) is 0 Å². The number of aliphatic hydroxyl groups excluding tert-OH is 1. The minimum absolute atomic E-state index is 0.429. The molecule has 114 valence electrons. The number of rotatable bonds is 6. The first-order valence-corrected chi connectivity index (χ1v) is 8.39. The van der Waals surface area contributed by atoms with E-state index in [9.17, 15) is 5.11 Å². The fourth-order valence-electron chi connectivity index (χ4n) is 2.43. The van der Waals surface area contributed by atoms with Gasteiger partial charge in [0.25, 0.3) is 0 Å². The van der Waals surface area contributed by atoms with Crippen LogP contribution in [0.4, 0.5) is 0 Å². The summed E-state index contributed by atoms with van der Waals surface area (Å²) in [5.41, 5.74) is 1.73. The maximum Gasteiger partial charge on any atom is 0.0857 e. The highest BCUT2D eigenvalue weighted by Crippen LogP contribution is 2.28. The van der Waals surface area contributed by atoms with Gasteiger partial charge in [-0.3, -0.25) is 4.68 Å². The van der Waals surface area contributed by atoms with Crippen LogP contribution in [-0.4, -0.2) is 14.9 Å². The lowest BCUT2D eigenvalue weighted by Gasteiger charge is -2.14. The van der Waals surface area contributed by atoms with Gasteiger partial charge >= 0.3 is 0 Å². The van der Waals surface area contributed by atoms with E-state index >= 15 is 0 Å². The Morgan fingerprint density at radius 3 is 2.62 bits per heavy atom. The van der Waals surface area contributed by atoms with Crippen LogP contribution >= 0.6 is 27.5 Å². The molecule has 0 aliphatic heterocycles. The highest BCUT2D eigenvalue weighted by atomic mass is 79.9. The molecule has 1 heterocycles. The Kier molecular flexibility index (Phi) is 5.85. The third kappa shape index (κ3) is 4.09. The van der Waals surface area contributed by atoms with E-state index in [1.54, 1.807) is 12.1 Å². The summed E-state index contributed by atoms with van der Waals surface area (Å²) in [7, 11) is 0. The summed E-state index contributed by atoms with van der Waals surface area (Å²) in [6.45, 7) is 4.32. The third-order valence-corrected chi connectivity index (χ3v) is 4.63. The number of halogens is 2. The number of aliphatic hydroxyl groups is 1. The Labute approximate surface area is 139 Å². The molecule has 0 saturated heterocycles. The van der Waals surface area contributed by atoms with Crippen LogP contribution in [0.1, 0.15) is 50.1 Å². The zero-order valence-corrected chi connectivity index (χ0v) is 14.6. The second-order valence-electron chi connectivity index (χ2n) is 5.14. The maximum absolute atomic E-state index is 10.4. The number of hydrogen-bond acceptors (Lipinski definition) is 2. The molecule has 3 nitrogen and oxygen atoms in total. The van der Waals surface area contributed by atoms with Crippen LogP contribution in [-0.2, 0) is 6.42 Å². The highest BCUT2D eigenvalue weighted by molar-refractivity contribution is 9.10. The molecular weight excluding hydrogens is 352 g/mol. The van der Waals surface area contributed by atoms with E-state index in [-0.39, 0.29) is 0 Å². The second-order valence-corrected chi connectivity index (χ2v) is 6.43. The molecule has 1 aromatic heterocycles. The van der Waals surface area contributed by atoms with Crippen LogP contribution in [0.25, 0.3) is 0 Å². The Bertz CT molecular complexity index is 596. The van der Waals surface area contributed by atoms with Crippen molar-refractivity contribution in [3.63, 3.8) is 0 Å². The normalized spacial score (nSPS) is 12.9. The smallest absolute Gasteiger partial charge is 0.0857 e. The quantitative estimate of drug-likeness (QED) is 0.781. The van der Waals surface area contributed by atoms with Crippen LogP contribution in [0, 0.1) is 0 Å². The van der Waals surface area contributed by atoms with Gasteiger partial charge in [-0.25, -0.2) is 0 Å². The lowest BCUT2D eigenvalue weighted by Crippen LogP contribution is -2.09. The van der Waals surface area contributed by atoms with Crippen molar-refractivity contribution < 1.29 is 5.11 Å². The standard InChI is InChI=1S/C16H20BrClN2O/c1-3-13(4-2)20-8-7-12(19-20)10-16(21)14-6-5-11(18)9-15(14)17/h5-9,13,16,21H,3-4,10H2,1-2H3. The van der Waals surface area contributed by atoms with Gasteiger partial charge in [-0.2, -0.15) is 5.10 Å². The largest absolute Gasteiger partial charge is 0.388 e. The molecule has 2 rings (SSSR count). The zero-order valence-electron chi connectivity index (χ0n) is 12.3. The number of benzene rings is 1. The number of aromatic nitrogens is 2. The first kappa shape index (κ1) is 16.5. The summed E-state index contributed by atoms with van der Waals surface area (Å²) in [6.07, 6.45) is 4.01. The molecule has 0 amide bonds. The minimum atomic E-state index is -0.596. The van der Waals surface area contributed by atoms with Crippen LogP contribution in [0.2, 0.25) is 5.02 Å². The molecule has 0 bridgehead atoms. The molecule has 0 aliphatic rings. The SMILES string of the molecule is CCC(CC)n1ccc(CC(O)c2ccc(Cl)cc2Br)n1. The summed E-state index contributed by atoms with van der Waals surface area (Å²) >= 11 is 9.37. The molecule has 21 heavy (non-hydrogen) atoms. The topological polar surface area (TPSA) is 38.0 Å². The van der Waals surface area contributed by atoms with Gasteiger partial charge < -0.3 is 5.11 Å². The molecule has 0 fully saturated rings. The van der Waals surface area contributed by atoms with E-state index in [0.29, 0.717) is 17.5 Å². The Morgan fingerprint density at radius 1 is 1.29 bits per heavy atom. The molecule has 1 aromatic carbocycles. The van der Waals surface area contributed by atoms with Crippen LogP contribution in [0.3, 0.4) is 0 Å². The van der Waals surface area contributed by atoms with Crippen molar-refractivity contribution in [2.45, 2.75) is 45.3 Å². The molecule has 0 saturated carbocycles. The number of hydrogen-bond donors (Lipinski definition) is 1. The summed E-state index contributed by atoms with van der Waals surface area (Å²) < 4.78 is 2.82. The monoisotopic (exact) mass is 370 g/mol. The molecule has 1 atom stereocenters. The Hall–Kier alpha value is -0.840. The van der Waals surface area contributed by atoms with Crippen molar-refractivity contribution in [1.82, 2.24) is 9.78 Å². The first-order chi connectivity index (χ1) is 10.0. The summed E-state index contributed by atoms with van der Waals surface area (Å²) in [5.74, 6) is 0. The van der Waals surface area contributed by atoms with E-state index in [1.807, 2.05) is 23.0 Å². The van der Waals surface area contributed by atoms with Gasteiger partial charge in [0.15, 0.2) is 0 Å². The zero-order chi connectivity index (χ0) is 15.4. The molecular formula is C16H20BrClN2O. The maximum atomic E-state index is 10.4. The second kappa shape index (κ2) is 7.43. The van der Waals surface area contributed by atoms with E-state index in [4.69, 9.17) is 11.6 Å². The molecule has 0 spiro atoms. The third-order valence-electron chi connectivity index (χ3n) is 3.70. The van der Waals surface area contributed by atoms with E-state index < -0.39 is 6.10 Å². The average molecular weight is 372 g/mol. The van der Waals surface area contributed by atoms with Crippen LogP contribution < -0.4 is 0 Å². The first-order valence-electron chi connectivity index (χ1n) is 7.22. The molecule has 1 unspecified atom stereocenters. The van der Waals surface area contributed by atoms with Gasteiger partial charge in [-0.1, -0.05) is 47.4 Å². The Morgan fingerprint density at radius 2 is 2.00 bits per heavy atom. The number of nitrogens with zero attached hydrogens (tertiary/aromatic N) is 2. The van der Waals surface area contributed by atoms with Gasteiger partial charge in [0.05, 0.1) is 17.8 Å². The van der Waals surface area contributed by atoms with Gasteiger partial charge in [0, 0.05) is 22.1 Å². The van der Waals surface area contributed by atoms with Gasteiger partial charge in [-0.15, -0.1) is 0 Å². The fraction of sp³-hybridized carbons (Fsp3) is 0.438. The van der Waals surface area contributed by atoms with E-state index in [1.165, 1.54) is 0 Å². The molecule has 0 aliphatic carbocycles. The van der Waals surface area contributed by atoms with Crippen LogP contribution in [0.15, 0.2) is 34.9 Å². The summed E-state index contributed by atoms with van der Waals surface area (Å²) in [4.78, 5) is 0. The van der Waals surface area contributed by atoms with Crippen molar-refractivity contribution in [2.75, 3.05) is 0 Å². The Balaban J connectivity index is 2.11. The molecule has 5 heteroatoms. The van der Waals surface area contributed by atoms with Crippen molar-refractivity contribution in [3.8, 4) is 0 Å². The molecule has 2 aromatic rings. The van der Waals surface area contributed by atoms with Crippen molar-refractivity contribution in [2.24, 2.45) is 0 Å². The highest BCUT2D eigenvalue weighted by Gasteiger charge is 2.15. The van der Waals surface area contributed by atoms with E-state index in [0.717, 1.165) is 28.6 Å². The summed E-state index contributed by atoms with van der Waals surface area (Å²) in [6, 6.07) is 7.83. The predicted molar refractivity (Wildman–Crippen MR) is 89.7 cm³/mol. The molecule has 1 N–H and O–H groups in total. The van der Waals surface area contributed by atoms with Crippen molar-refractivity contribution in [1.29, 1.82) is 0 Å². The lowest BCUT2D eigenvalue weighted by atomic mass is 10.1. The van der Waals surface area contributed by atoms with Gasteiger partial charge in [0.1, 0.15) is 0 Å². The van der Waals surface area contributed by atoms with E-state index in [2.05, 4.69) is 34.9 Å². The molecule has 0 radical (unpaired) electrons. The fourth-order valence-corrected chi connectivity index (χ4v) is 3.38. The summed E-state index contributed by atoms with van der Waals surface area (Å²) in [5, 5.41) is 15.6. The van der Waals surface area contributed by atoms with Crippen LogP contribution in [0.5, 0.6) is 0 Å². The average Bonchev–Trinajstić information content (AvgIpc) is 2.88. The van der Waals surface area contributed by atoms with Crippen molar-refractivity contribution in [3.05, 3.63) is 51.2 Å².